The lowest BCUT2D eigenvalue weighted by molar-refractivity contribution is -0.167. The maximum atomic E-state index is 15.4. The summed E-state index contributed by atoms with van der Waals surface area (Å²) in [4.78, 5) is 61.4. The fourth-order valence-electron chi connectivity index (χ4n) is 5.43. The number of alkyl halides is 3. The van der Waals surface area contributed by atoms with Crippen molar-refractivity contribution in [1.29, 1.82) is 0 Å². The Hall–Kier alpha value is -5.12. The number of nitrogens with one attached hydrogen (secondary N) is 1. The van der Waals surface area contributed by atoms with Crippen molar-refractivity contribution >= 4 is 28.5 Å². The van der Waals surface area contributed by atoms with Crippen LogP contribution in [0.2, 0.25) is 0 Å². The van der Waals surface area contributed by atoms with Gasteiger partial charge in [0.1, 0.15) is 23.7 Å². The Bertz CT molecular complexity index is 1920. The van der Waals surface area contributed by atoms with Gasteiger partial charge in [0.05, 0.1) is 42.5 Å². The average molecular weight is 659 g/mol. The second-order valence-electron chi connectivity index (χ2n) is 10.8. The zero-order chi connectivity index (χ0) is 34.0. The van der Waals surface area contributed by atoms with Gasteiger partial charge in [-0.2, -0.15) is 13.2 Å². The summed E-state index contributed by atoms with van der Waals surface area (Å²) in [5, 5.41) is 2.71. The summed E-state index contributed by atoms with van der Waals surface area (Å²) < 4.78 is 68.4. The summed E-state index contributed by atoms with van der Waals surface area (Å²) in [5.74, 6) is -2.87. The highest BCUT2D eigenvalue weighted by molar-refractivity contribution is 5.98. The lowest BCUT2D eigenvalue weighted by Crippen LogP contribution is -2.53. The molecule has 0 spiro atoms. The van der Waals surface area contributed by atoms with Crippen molar-refractivity contribution in [3.05, 3.63) is 92.3 Å². The van der Waals surface area contributed by atoms with E-state index < -0.39 is 59.4 Å². The molecule has 1 fully saturated rings. The SMILES string of the molecule is CCOC(=O)[C@H](Cc1ccc(-n2c(=O)c3ccncc3n(C)c2=O)nc1)NC(=O)c1c(C)cc(N2CCOC[C@@H]2C(F)(F)F)cc1F. The second kappa shape index (κ2) is 13.3. The average Bonchev–Trinajstić information content (AvgIpc) is 3.03. The monoisotopic (exact) mass is 658 g/mol. The van der Waals surface area contributed by atoms with Gasteiger partial charge in [0.25, 0.3) is 11.5 Å². The largest absolute Gasteiger partial charge is 0.464 e. The van der Waals surface area contributed by atoms with E-state index in [0.717, 1.165) is 15.5 Å². The van der Waals surface area contributed by atoms with Gasteiger partial charge in [-0.15, -0.1) is 0 Å². The minimum Gasteiger partial charge on any atom is -0.464 e. The number of aryl methyl sites for hydroxylation is 2. The molecule has 0 unspecified atom stereocenters. The highest BCUT2D eigenvalue weighted by Gasteiger charge is 2.45. The van der Waals surface area contributed by atoms with Crippen molar-refractivity contribution < 1.29 is 36.6 Å². The molecule has 5 rings (SSSR count). The molecular weight excluding hydrogens is 628 g/mol. The van der Waals surface area contributed by atoms with Crippen LogP contribution in [0, 0.1) is 12.7 Å². The number of fused-ring (bicyclic) bond motifs is 1. The van der Waals surface area contributed by atoms with Crippen molar-refractivity contribution in [2.75, 3.05) is 31.3 Å². The zero-order valence-corrected chi connectivity index (χ0v) is 25.5. The minimum absolute atomic E-state index is 0.0138. The number of pyridine rings is 2. The van der Waals surface area contributed by atoms with Crippen LogP contribution in [-0.4, -0.2) is 75.6 Å². The van der Waals surface area contributed by atoms with Gasteiger partial charge in [-0.05, 0) is 49.2 Å². The van der Waals surface area contributed by atoms with Crippen LogP contribution in [0.4, 0.5) is 23.2 Å². The third-order valence-electron chi connectivity index (χ3n) is 7.76. The number of rotatable bonds is 8. The molecule has 1 aliphatic rings. The van der Waals surface area contributed by atoms with Crippen LogP contribution in [0.25, 0.3) is 16.7 Å². The van der Waals surface area contributed by atoms with Gasteiger partial charge in [0.2, 0.25) is 0 Å². The fraction of sp³-hybridized carbons (Fsp3) is 0.355. The molecule has 16 heteroatoms. The van der Waals surface area contributed by atoms with Gasteiger partial charge < -0.3 is 19.7 Å². The third-order valence-corrected chi connectivity index (χ3v) is 7.76. The third kappa shape index (κ3) is 6.72. The first-order valence-corrected chi connectivity index (χ1v) is 14.5. The number of amides is 1. The number of nitrogens with zero attached hydrogens (tertiary/aromatic N) is 5. The quantitative estimate of drug-likeness (QED) is 0.224. The van der Waals surface area contributed by atoms with E-state index >= 15 is 4.39 Å². The van der Waals surface area contributed by atoms with Crippen LogP contribution in [0.1, 0.15) is 28.4 Å². The Morgan fingerprint density at radius 1 is 1.17 bits per heavy atom. The number of halogens is 4. The number of esters is 1. The van der Waals surface area contributed by atoms with Crippen molar-refractivity contribution in [2.45, 2.75) is 38.5 Å². The van der Waals surface area contributed by atoms with Crippen LogP contribution in [-0.2, 0) is 27.7 Å². The van der Waals surface area contributed by atoms with Crippen molar-refractivity contribution in [1.82, 2.24) is 24.4 Å². The fourth-order valence-corrected chi connectivity index (χ4v) is 5.43. The predicted molar refractivity (Wildman–Crippen MR) is 161 cm³/mol. The molecule has 47 heavy (non-hydrogen) atoms. The van der Waals surface area contributed by atoms with Gasteiger partial charge >= 0.3 is 17.8 Å². The maximum absolute atomic E-state index is 15.4. The van der Waals surface area contributed by atoms with Gasteiger partial charge in [-0.3, -0.25) is 19.1 Å². The van der Waals surface area contributed by atoms with Crippen LogP contribution in [0.3, 0.4) is 0 Å². The van der Waals surface area contributed by atoms with Crippen molar-refractivity contribution in [3.8, 4) is 5.82 Å². The van der Waals surface area contributed by atoms with E-state index in [-0.39, 0.29) is 48.6 Å². The molecule has 1 saturated heterocycles. The van der Waals surface area contributed by atoms with Gasteiger partial charge in [-0.25, -0.2) is 23.5 Å². The summed E-state index contributed by atoms with van der Waals surface area (Å²) in [5.41, 5.74) is -0.970. The summed E-state index contributed by atoms with van der Waals surface area (Å²) in [6.45, 7) is 2.19. The predicted octanol–water partition coefficient (Wildman–Crippen LogP) is 2.60. The van der Waals surface area contributed by atoms with Crippen molar-refractivity contribution in [2.24, 2.45) is 7.05 Å². The Labute approximate surface area is 264 Å². The van der Waals surface area contributed by atoms with Crippen LogP contribution < -0.4 is 21.5 Å². The first-order chi connectivity index (χ1) is 22.3. The molecule has 2 atom stereocenters. The van der Waals surface area contributed by atoms with Crippen LogP contribution in [0.15, 0.2) is 58.5 Å². The van der Waals surface area contributed by atoms with E-state index in [0.29, 0.717) is 11.1 Å². The Kier molecular flexibility index (Phi) is 9.42. The number of aromatic nitrogens is 4. The molecule has 1 aromatic carbocycles. The number of hydrogen-bond donors (Lipinski definition) is 1. The number of anilines is 1. The normalized spacial score (nSPS) is 15.8. The molecule has 1 amide bonds. The molecule has 0 bridgehead atoms. The molecule has 248 valence electrons. The number of benzene rings is 1. The Morgan fingerprint density at radius 3 is 2.60 bits per heavy atom. The first kappa shape index (κ1) is 33.2. The lowest BCUT2D eigenvalue weighted by Gasteiger charge is -2.38. The maximum Gasteiger partial charge on any atom is 0.411 e. The van der Waals surface area contributed by atoms with E-state index in [9.17, 15) is 32.3 Å². The molecule has 0 aliphatic carbocycles. The highest BCUT2D eigenvalue weighted by atomic mass is 19.4. The topological polar surface area (TPSA) is 138 Å². The van der Waals surface area contributed by atoms with Crippen LogP contribution in [0.5, 0.6) is 0 Å². The molecule has 12 nitrogen and oxygen atoms in total. The Morgan fingerprint density at radius 2 is 1.94 bits per heavy atom. The minimum atomic E-state index is -4.63. The summed E-state index contributed by atoms with van der Waals surface area (Å²) >= 11 is 0. The molecular formula is C31H30F4N6O6. The molecule has 0 saturated carbocycles. The van der Waals surface area contributed by atoms with Gasteiger partial charge in [-0.1, -0.05) is 6.07 Å². The summed E-state index contributed by atoms with van der Waals surface area (Å²) in [6.07, 6.45) is -0.644. The smallest absolute Gasteiger partial charge is 0.411 e. The van der Waals surface area contributed by atoms with E-state index in [2.05, 4.69) is 15.3 Å². The lowest BCUT2D eigenvalue weighted by atomic mass is 10.0. The van der Waals surface area contributed by atoms with E-state index in [1.54, 1.807) is 6.92 Å². The Balaban J connectivity index is 1.39. The van der Waals surface area contributed by atoms with Gasteiger partial charge in [0.15, 0.2) is 0 Å². The van der Waals surface area contributed by atoms with E-state index in [1.807, 2.05) is 0 Å². The molecule has 1 aliphatic heterocycles. The molecule has 4 aromatic rings. The number of hydrogen-bond acceptors (Lipinski definition) is 9. The van der Waals surface area contributed by atoms with E-state index in [4.69, 9.17) is 9.47 Å². The van der Waals surface area contributed by atoms with Gasteiger partial charge in [0, 0.05) is 38.1 Å². The first-order valence-electron chi connectivity index (χ1n) is 14.5. The number of carbonyl (C=O) groups excluding carboxylic acids is 2. The van der Waals surface area contributed by atoms with Crippen molar-refractivity contribution in [3.63, 3.8) is 0 Å². The molecule has 4 heterocycles. The number of carbonyl (C=O) groups is 2. The molecule has 0 radical (unpaired) electrons. The zero-order valence-electron chi connectivity index (χ0n) is 25.5. The highest BCUT2D eigenvalue weighted by Crippen LogP contribution is 2.33. The van der Waals surface area contributed by atoms with E-state index in [1.165, 1.54) is 61.4 Å². The number of morpholine rings is 1. The molecule has 1 N–H and O–H groups in total. The van der Waals surface area contributed by atoms with Crippen LogP contribution >= 0.6 is 0 Å². The molecule has 3 aromatic heterocycles. The second-order valence-corrected chi connectivity index (χ2v) is 10.8. The summed E-state index contributed by atoms with van der Waals surface area (Å²) in [7, 11) is 1.49. The number of ether oxygens (including phenoxy) is 2. The standard InChI is InChI=1S/C31H30F4N6O6/c1-4-47-29(44)22(12-18-5-6-25(37-14-18)41-28(43)20-7-8-36-15-23(20)39(3)30(41)45)38-27(42)26-17(2)11-19(13-21(26)32)40-9-10-46-16-24(40)31(33,34)35/h5-8,11,13-15,22,24H,4,9-10,12,16H2,1-3H3,(H,38,42)/t22-,24+/m0/s1. The summed E-state index contributed by atoms with van der Waals surface area (Å²) in [6, 6.07) is 3.22.